The first-order chi connectivity index (χ1) is 15.5. The molecule has 0 heterocycles. The van der Waals surface area contributed by atoms with Gasteiger partial charge < -0.3 is 24.8 Å². The van der Waals surface area contributed by atoms with E-state index in [0.29, 0.717) is 0 Å². The third-order valence-electron chi connectivity index (χ3n) is 7.67. The van der Waals surface area contributed by atoms with Gasteiger partial charge in [-0.25, -0.2) is 0 Å². The maximum absolute atomic E-state index is 2.53. The molecule has 0 fully saturated rings. The number of fused-ring (bicyclic) bond motifs is 3. The van der Waals surface area contributed by atoms with Crippen LogP contribution >= 0.6 is 0 Å². The average Bonchev–Trinajstić information content (AvgIpc) is 3.32. The van der Waals surface area contributed by atoms with E-state index in [2.05, 4.69) is 105 Å². The van der Waals surface area contributed by atoms with Crippen molar-refractivity contribution in [2.45, 2.75) is 98.1 Å². The summed E-state index contributed by atoms with van der Waals surface area (Å²) in [5, 5.41) is 0. The Bertz CT molecular complexity index is 1200. The molecule has 2 aromatic carbocycles. The fourth-order valence-corrected chi connectivity index (χ4v) is 27.9. The number of hydrogen-bond acceptors (Lipinski definition) is 0. The second-order valence-electron chi connectivity index (χ2n) is 12.0. The Kier molecular flexibility index (Phi) is 10.2. The molecule has 2 aliphatic rings. The molecule has 0 N–H and O–H groups in total. The summed E-state index contributed by atoms with van der Waals surface area (Å²) in [7, 11) is 0. The quantitative estimate of drug-likeness (QED) is 0.402. The molecule has 35 heavy (non-hydrogen) atoms. The molecule has 0 aliphatic heterocycles. The molecule has 0 atom stereocenters. The molecule has 0 amide bonds. The van der Waals surface area contributed by atoms with Crippen molar-refractivity contribution in [3.8, 4) is 11.1 Å². The van der Waals surface area contributed by atoms with Crippen LogP contribution in [0.25, 0.3) is 11.1 Å². The van der Waals surface area contributed by atoms with E-state index in [1.165, 1.54) is 29.6 Å². The van der Waals surface area contributed by atoms with Crippen molar-refractivity contribution in [2.24, 2.45) is 0 Å². The Morgan fingerprint density at radius 2 is 1.49 bits per heavy atom. The second-order valence-corrected chi connectivity index (χ2v) is 27.4. The Hall–Kier alpha value is -0.400. The first-order valence-electron chi connectivity index (χ1n) is 12.9. The minimum Gasteiger partial charge on any atom is -1.00 e. The van der Waals surface area contributed by atoms with Crippen LogP contribution in [0.5, 0.6) is 0 Å². The zero-order chi connectivity index (χ0) is 24.1. The Morgan fingerprint density at radius 1 is 0.857 bits per heavy atom. The van der Waals surface area contributed by atoms with Gasteiger partial charge in [-0.3, -0.25) is 0 Å². The van der Waals surface area contributed by atoms with Gasteiger partial charge in [-0.05, 0) is 0 Å². The summed E-state index contributed by atoms with van der Waals surface area (Å²) in [5.74, 6) is 0. The van der Waals surface area contributed by atoms with Gasteiger partial charge in [0, 0.05) is 0 Å². The van der Waals surface area contributed by atoms with Gasteiger partial charge in [-0.15, -0.1) is 0 Å². The fourth-order valence-electron chi connectivity index (χ4n) is 5.71. The van der Waals surface area contributed by atoms with E-state index in [1.807, 2.05) is 6.55 Å². The average molecular weight is 605 g/mol. The molecule has 4 heteroatoms. The number of halogens is 2. The van der Waals surface area contributed by atoms with Crippen LogP contribution in [0.2, 0.25) is 12.1 Å². The topological polar surface area (TPSA) is 0 Å². The zero-order valence-electron chi connectivity index (χ0n) is 23.1. The molecule has 0 bridgehead atoms. The Balaban J connectivity index is 0.00000216. The van der Waals surface area contributed by atoms with E-state index < -0.39 is 20.4 Å². The van der Waals surface area contributed by atoms with Crippen LogP contribution in [0.15, 0.2) is 51.3 Å². The van der Waals surface area contributed by atoms with E-state index in [-0.39, 0.29) is 41.1 Å². The van der Waals surface area contributed by atoms with E-state index in [0.717, 1.165) is 6.42 Å². The van der Waals surface area contributed by atoms with Crippen LogP contribution in [-0.4, -0.2) is 5.43 Å². The van der Waals surface area contributed by atoms with E-state index in [4.69, 9.17) is 0 Å². The van der Waals surface area contributed by atoms with Crippen LogP contribution in [0.3, 0.4) is 0 Å². The third kappa shape index (κ3) is 5.87. The monoisotopic (exact) mass is 602 g/mol. The van der Waals surface area contributed by atoms with Crippen LogP contribution in [-0.2, 0) is 37.6 Å². The fraction of sp³-hybridized carbons (Fsp3) is 0.484. The maximum Gasteiger partial charge on any atom is -1.00 e. The van der Waals surface area contributed by atoms with Crippen molar-refractivity contribution < 1.29 is 45.2 Å². The van der Waals surface area contributed by atoms with Crippen LogP contribution in [0.4, 0.5) is 0 Å². The van der Waals surface area contributed by atoms with Gasteiger partial charge >= 0.3 is 212 Å². The molecule has 4 rings (SSSR count). The largest absolute Gasteiger partial charge is 1.00 e. The van der Waals surface area contributed by atoms with Gasteiger partial charge in [-0.1, -0.05) is 0 Å². The number of hydrogen-bond donors (Lipinski definition) is 0. The molecule has 0 aromatic heterocycles. The van der Waals surface area contributed by atoms with Crippen LogP contribution < -0.4 is 28.1 Å². The first-order valence-corrected chi connectivity index (χ1v) is 20.9. The maximum atomic E-state index is 2.53. The zero-order valence-corrected chi connectivity index (χ0v) is 28.1. The summed E-state index contributed by atoms with van der Waals surface area (Å²) in [6, 6.07) is 15.2. The minimum absolute atomic E-state index is 0. The van der Waals surface area contributed by atoms with Gasteiger partial charge in [0.15, 0.2) is 0 Å². The molecule has 0 spiro atoms. The Morgan fingerprint density at radius 3 is 2.00 bits per heavy atom. The Labute approximate surface area is 235 Å². The summed E-state index contributed by atoms with van der Waals surface area (Å²) in [6.07, 6.45) is 7.23. The number of benzene rings is 2. The van der Waals surface area contributed by atoms with E-state index in [9.17, 15) is 0 Å². The van der Waals surface area contributed by atoms with Crippen molar-refractivity contribution in [1.82, 2.24) is 0 Å². The summed E-state index contributed by atoms with van der Waals surface area (Å²) in [5.41, 5.74) is 11.1. The van der Waals surface area contributed by atoms with E-state index in [1.54, 1.807) is 27.8 Å². The molecular weight excluding hydrogens is 563 g/mol. The third-order valence-corrected chi connectivity index (χ3v) is 29.4. The first kappa shape index (κ1) is 30.8. The summed E-state index contributed by atoms with van der Waals surface area (Å²) >= 11 is -2.04. The summed E-state index contributed by atoms with van der Waals surface area (Å²) < 4.78 is 3.80. The smallest absolute Gasteiger partial charge is 1.00 e. The number of allylic oxidation sites excluding steroid dienone is 4. The SMILES string of the molecule is CC[Si](CC)=[Zr+2]([C]1=C(C)C=CC1)[c]1c(C(C)(C)C)ccc2c1Cc1cc(C(C)(C)C)ccc1-2.[Cl-].[Cl-]. The van der Waals surface area contributed by atoms with Gasteiger partial charge in [0.1, 0.15) is 0 Å². The van der Waals surface area contributed by atoms with Gasteiger partial charge in [0.2, 0.25) is 0 Å². The minimum atomic E-state index is -2.04. The van der Waals surface area contributed by atoms with Crippen molar-refractivity contribution in [1.29, 1.82) is 0 Å². The molecular formula is C31H42Cl2SiZr. The summed E-state index contributed by atoms with van der Waals surface area (Å²) in [4.78, 5) is 0. The van der Waals surface area contributed by atoms with Gasteiger partial charge in [0.05, 0.1) is 0 Å². The standard InChI is InChI=1S/C21H25.C6H7.C4H10Si.2ClH.Zr/c1-20(2,3)16-7-9-18-14(12-16)11-15-13-17(21(4,5)6)8-10-19(15)18;1-6-4-2-3-5-6;1-3-5-4-2;;;/h7-10,12H,11H2,1-6H3;2,4H,3H2,1H3;3-4H2,1-2H3;2*1H;/q;;;;;+2/p-2. The molecule has 0 radical (unpaired) electrons. The predicted octanol–water partition coefficient (Wildman–Crippen LogP) is 2.37. The van der Waals surface area contributed by atoms with Crippen molar-refractivity contribution in [2.75, 3.05) is 0 Å². The normalized spacial score (nSPS) is 14.1. The number of rotatable bonds is 4. The van der Waals surface area contributed by atoms with Gasteiger partial charge in [-0.2, -0.15) is 0 Å². The molecule has 0 nitrogen and oxygen atoms in total. The molecule has 188 valence electrons. The summed E-state index contributed by atoms with van der Waals surface area (Å²) in [6.45, 7) is 21.7. The molecule has 2 aromatic rings. The van der Waals surface area contributed by atoms with Crippen LogP contribution in [0, 0.1) is 0 Å². The molecule has 2 aliphatic carbocycles. The molecule has 0 unspecified atom stereocenters. The van der Waals surface area contributed by atoms with Crippen molar-refractivity contribution in [3.05, 3.63) is 73.6 Å². The van der Waals surface area contributed by atoms with Gasteiger partial charge in [0.25, 0.3) is 0 Å². The van der Waals surface area contributed by atoms with Crippen LogP contribution in [0.1, 0.15) is 91.0 Å². The van der Waals surface area contributed by atoms with E-state index >= 15 is 0 Å². The predicted molar refractivity (Wildman–Crippen MR) is 145 cm³/mol. The van der Waals surface area contributed by atoms with Crippen molar-refractivity contribution in [3.63, 3.8) is 0 Å². The van der Waals surface area contributed by atoms with Crippen molar-refractivity contribution >= 4 is 8.70 Å². The molecule has 0 saturated heterocycles. The molecule has 0 saturated carbocycles. The second kappa shape index (κ2) is 11.6.